The fourth-order valence-electron chi connectivity index (χ4n) is 1.49. The number of carbonyl (C=O) groups excluding carboxylic acids is 1. The number of furan rings is 1. The van der Waals surface area contributed by atoms with Crippen LogP contribution in [0.1, 0.15) is 32.7 Å². The van der Waals surface area contributed by atoms with E-state index < -0.39 is 0 Å². The Labute approximate surface area is 99.7 Å². The van der Waals surface area contributed by atoms with E-state index in [2.05, 4.69) is 12.6 Å². The molecule has 1 aromatic carbocycles. The highest BCUT2D eigenvalue weighted by molar-refractivity contribution is 7.80. The van der Waals surface area contributed by atoms with Gasteiger partial charge < -0.3 is 4.42 Å². The Balaban J connectivity index is 2.27. The van der Waals surface area contributed by atoms with E-state index in [0.29, 0.717) is 17.8 Å². The monoisotopic (exact) mass is 232 g/mol. The molecular formula is C13H12O2S. The van der Waals surface area contributed by atoms with E-state index in [1.54, 1.807) is 12.1 Å². The zero-order chi connectivity index (χ0) is 11.5. The number of hydrogen-bond acceptors (Lipinski definition) is 3. The van der Waals surface area contributed by atoms with Gasteiger partial charge in [0.15, 0.2) is 12.0 Å². The largest absolute Gasteiger partial charge is 0.457 e. The first-order valence-electron chi connectivity index (χ1n) is 5.00. The molecular weight excluding hydrogens is 220 g/mol. The van der Waals surface area contributed by atoms with Gasteiger partial charge in [-0.25, -0.2) is 0 Å². The SMILES string of the molecule is Cc1ccc(C(S)c2ccc(C=O)o2)cc1. The van der Waals surface area contributed by atoms with Gasteiger partial charge in [-0.1, -0.05) is 29.8 Å². The van der Waals surface area contributed by atoms with Gasteiger partial charge in [-0.2, -0.15) is 12.6 Å². The van der Waals surface area contributed by atoms with Crippen LogP contribution in [0.3, 0.4) is 0 Å². The Morgan fingerprint density at radius 3 is 2.44 bits per heavy atom. The molecule has 0 bridgehead atoms. The van der Waals surface area contributed by atoms with Crippen molar-refractivity contribution in [1.82, 2.24) is 0 Å². The lowest BCUT2D eigenvalue weighted by molar-refractivity contribution is 0.109. The molecule has 0 fully saturated rings. The van der Waals surface area contributed by atoms with E-state index in [9.17, 15) is 4.79 Å². The number of hydrogen-bond donors (Lipinski definition) is 1. The summed E-state index contributed by atoms with van der Waals surface area (Å²) in [7, 11) is 0. The maximum atomic E-state index is 10.5. The Morgan fingerprint density at radius 2 is 1.88 bits per heavy atom. The minimum Gasteiger partial charge on any atom is -0.457 e. The molecule has 1 atom stereocenters. The van der Waals surface area contributed by atoms with E-state index in [1.807, 2.05) is 31.2 Å². The zero-order valence-corrected chi connectivity index (χ0v) is 9.78. The predicted molar refractivity (Wildman–Crippen MR) is 66.1 cm³/mol. The van der Waals surface area contributed by atoms with Crippen LogP contribution in [0.25, 0.3) is 0 Å². The molecule has 16 heavy (non-hydrogen) atoms. The summed E-state index contributed by atoms with van der Waals surface area (Å²) in [5.74, 6) is 1.02. The average molecular weight is 232 g/mol. The second kappa shape index (κ2) is 4.58. The Morgan fingerprint density at radius 1 is 1.19 bits per heavy atom. The molecule has 1 unspecified atom stereocenters. The highest BCUT2D eigenvalue weighted by atomic mass is 32.1. The molecule has 0 radical (unpaired) electrons. The van der Waals surface area contributed by atoms with Gasteiger partial charge in [-0.05, 0) is 24.6 Å². The van der Waals surface area contributed by atoms with Crippen LogP contribution in [-0.2, 0) is 0 Å². The minimum absolute atomic E-state index is 0.130. The summed E-state index contributed by atoms with van der Waals surface area (Å²) in [6.07, 6.45) is 0.694. The lowest BCUT2D eigenvalue weighted by Gasteiger charge is -2.08. The van der Waals surface area contributed by atoms with E-state index >= 15 is 0 Å². The molecule has 2 aromatic rings. The summed E-state index contributed by atoms with van der Waals surface area (Å²) in [6.45, 7) is 2.04. The van der Waals surface area contributed by atoms with Gasteiger partial charge in [0.2, 0.25) is 0 Å². The van der Waals surface area contributed by atoms with Gasteiger partial charge in [-0.15, -0.1) is 0 Å². The molecule has 0 spiro atoms. The van der Waals surface area contributed by atoms with Crippen molar-refractivity contribution in [2.75, 3.05) is 0 Å². The highest BCUT2D eigenvalue weighted by Gasteiger charge is 2.13. The van der Waals surface area contributed by atoms with Crippen LogP contribution in [0.2, 0.25) is 0 Å². The second-order valence-electron chi connectivity index (χ2n) is 3.67. The summed E-state index contributed by atoms with van der Waals surface area (Å²) < 4.78 is 5.33. The Kier molecular flexibility index (Phi) is 3.15. The molecule has 3 heteroatoms. The lowest BCUT2D eigenvalue weighted by Crippen LogP contribution is -1.91. The predicted octanol–water partition coefficient (Wildman–Crippen LogP) is 3.42. The van der Waals surface area contributed by atoms with Crippen molar-refractivity contribution < 1.29 is 9.21 Å². The van der Waals surface area contributed by atoms with E-state index in [1.165, 1.54) is 5.56 Å². The quantitative estimate of drug-likeness (QED) is 0.649. The van der Waals surface area contributed by atoms with Crippen molar-refractivity contribution >= 4 is 18.9 Å². The molecule has 1 heterocycles. The van der Waals surface area contributed by atoms with Gasteiger partial charge in [0.25, 0.3) is 0 Å². The van der Waals surface area contributed by atoms with Crippen LogP contribution < -0.4 is 0 Å². The Bertz CT molecular complexity index is 485. The molecule has 0 saturated carbocycles. The number of aryl methyl sites for hydroxylation is 1. The molecule has 2 nitrogen and oxygen atoms in total. The van der Waals surface area contributed by atoms with Gasteiger partial charge in [0.1, 0.15) is 5.76 Å². The van der Waals surface area contributed by atoms with E-state index in [0.717, 1.165) is 5.56 Å². The third kappa shape index (κ3) is 2.19. The standard InChI is InChI=1S/C13H12O2S/c1-9-2-4-10(5-3-9)13(16)12-7-6-11(8-14)15-12/h2-8,13,16H,1H3. The molecule has 0 aliphatic heterocycles. The topological polar surface area (TPSA) is 30.2 Å². The number of aldehydes is 1. The van der Waals surface area contributed by atoms with Gasteiger partial charge in [0, 0.05) is 0 Å². The zero-order valence-electron chi connectivity index (χ0n) is 8.88. The first-order valence-corrected chi connectivity index (χ1v) is 5.52. The first kappa shape index (κ1) is 11.0. The third-order valence-electron chi connectivity index (χ3n) is 2.43. The molecule has 0 N–H and O–H groups in total. The van der Waals surface area contributed by atoms with Crippen LogP contribution in [0.4, 0.5) is 0 Å². The van der Waals surface area contributed by atoms with Crippen molar-refractivity contribution in [2.24, 2.45) is 0 Å². The Hall–Kier alpha value is -1.48. The van der Waals surface area contributed by atoms with E-state index in [4.69, 9.17) is 4.42 Å². The normalized spacial score (nSPS) is 12.4. The smallest absolute Gasteiger partial charge is 0.185 e. The van der Waals surface area contributed by atoms with Crippen LogP contribution in [-0.4, -0.2) is 6.29 Å². The summed E-state index contributed by atoms with van der Waals surface area (Å²) in [4.78, 5) is 10.5. The fraction of sp³-hybridized carbons (Fsp3) is 0.154. The van der Waals surface area contributed by atoms with Gasteiger partial charge >= 0.3 is 0 Å². The van der Waals surface area contributed by atoms with Crippen molar-refractivity contribution in [1.29, 1.82) is 0 Å². The van der Waals surface area contributed by atoms with Crippen molar-refractivity contribution in [3.05, 3.63) is 59.0 Å². The van der Waals surface area contributed by atoms with E-state index in [-0.39, 0.29) is 5.25 Å². The maximum Gasteiger partial charge on any atom is 0.185 e. The molecule has 0 saturated heterocycles. The van der Waals surface area contributed by atoms with Crippen LogP contribution in [0.5, 0.6) is 0 Å². The van der Waals surface area contributed by atoms with Crippen LogP contribution in [0.15, 0.2) is 40.8 Å². The summed E-state index contributed by atoms with van der Waals surface area (Å²) in [5, 5.41) is -0.130. The first-order chi connectivity index (χ1) is 7.70. The van der Waals surface area contributed by atoms with Crippen LogP contribution in [0, 0.1) is 6.92 Å². The van der Waals surface area contributed by atoms with Gasteiger partial charge in [0.05, 0.1) is 5.25 Å². The average Bonchev–Trinajstić information content (AvgIpc) is 2.77. The number of rotatable bonds is 3. The summed E-state index contributed by atoms with van der Waals surface area (Å²) in [6, 6.07) is 11.5. The van der Waals surface area contributed by atoms with Crippen molar-refractivity contribution in [2.45, 2.75) is 12.2 Å². The minimum atomic E-state index is -0.130. The molecule has 0 aliphatic rings. The molecule has 2 rings (SSSR count). The summed E-state index contributed by atoms with van der Waals surface area (Å²) in [5.41, 5.74) is 2.26. The maximum absolute atomic E-state index is 10.5. The molecule has 82 valence electrons. The van der Waals surface area contributed by atoms with Crippen molar-refractivity contribution in [3.8, 4) is 0 Å². The second-order valence-corrected chi connectivity index (χ2v) is 4.19. The van der Waals surface area contributed by atoms with Crippen molar-refractivity contribution in [3.63, 3.8) is 0 Å². The molecule has 1 aromatic heterocycles. The third-order valence-corrected chi connectivity index (χ3v) is 2.98. The lowest BCUT2D eigenvalue weighted by atomic mass is 10.1. The summed E-state index contributed by atoms with van der Waals surface area (Å²) >= 11 is 4.49. The number of thiol groups is 1. The fourth-order valence-corrected chi connectivity index (χ4v) is 1.80. The molecule has 0 aliphatic carbocycles. The molecule has 0 amide bonds. The highest BCUT2D eigenvalue weighted by Crippen LogP contribution is 2.29. The number of benzene rings is 1. The number of carbonyl (C=O) groups is 1. The van der Waals surface area contributed by atoms with Crippen LogP contribution >= 0.6 is 12.6 Å². The van der Waals surface area contributed by atoms with Gasteiger partial charge in [-0.3, -0.25) is 4.79 Å².